The second kappa shape index (κ2) is 3.09. The van der Waals surface area contributed by atoms with E-state index in [1.165, 1.54) is 19.3 Å². The minimum atomic E-state index is 0.690. The van der Waals surface area contributed by atoms with Crippen LogP contribution in [-0.4, -0.2) is 15.8 Å². The van der Waals surface area contributed by atoms with Crippen molar-refractivity contribution in [1.29, 1.82) is 0 Å². The Balaban J connectivity index is 1.95. The summed E-state index contributed by atoms with van der Waals surface area (Å²) in [7, 11) is 0. The SMILES string of the molecule is O=Cc1cncn1CCC1CC1. The van der Waals surface area contributed by atoms with Crippen molar-refractivity contribution in [3.63, 3.8) is 0 Å². The largest absolute Gasteiger partial charge is 0.328 e. The molecule has 64 valence electrons. The summed E-state index contributed by atoms with van der Waals surface area (Å²) in [6, 6.07) is 0. The lowest BCUT2D eigenvalue weighted by molar-refractivity contribution is 0.111. The van der Waals surface area contributed by atoms with Crippen LogP contribution in [0.2, 0.25) is 0 Å². The van der Waals surface area contributed by atoms with Gasteiger partial charge in [-0.1, -0.05) is 12.8 Å². The van der Waals surface area contributed by atoms with E-state index in [1.807, 2.05) is 4.57 Å². The van der Waals surface area contributed by atoms with E-state index in [9.17, 15) is 4.79 Å². The van der Waals surface area contributed by atoms with Crippen molar-refractivity contribution in [3.8, 4) is 0 Å². The molecule has 1 aliphatic carbocycles. The van der Waals surface area contributed by atoms with Gasteiger partial charge in [-0.25, -0.2) is 4.98 Å². The third kappa shape index (κ3) is 1.55. The number of imidazole rings is 1. The Labute approximate surface area is 71.4 Å². The van der Waals surface area contributed by atoms with Crippen LogP contribution in [0.25, 0.3) is 0 Å². The van der Waals surface area contributed by atoms with E-state index >= 15 is 0 Å². The Morgan fingerprint density at radius 1 is 1.67 bits per heavy atom. The van der Waals surface area contributed by atoms with E-state index in [0.29, 0.717) is 5.69 Å². The van der Waals surface area contributed by atoms with Gasteiger partial charge in [0, 0.05) is 6.54 Å². The number of hydrogen-bond acceptors (Lipinski definition) is 2. The van der Waals surface area contributed by atoms with Gasteiger partial charge in [-0.05, 0) is 12.3 Å². The van der Waals surface area contributed by atoms with Gasteiger partial charge >= 0.3 is 0 Å². The van der Waals surface area contributed by atoms with Gasteiger partial charge in [0.15, 0.2) is 6.29 Å². The second-order valence-corrected chi connectivity index (χ2v) is 3.36. The van der Waals surface area contributed by atoms with Crippen LogP contribution in [0.3, 0.4) is 0 Å². The molecule has 0 spiro atoms. The van der Waals surface area contributed by atoms with Gasteiger partial charge in [-0.3, -0.25) is 4.79 Å². The van der Waals surface area contributed by atoms with Gasteiger partial charge in [0.25, 0.3) is 0 Å². The molecule has 1 aromatic rings. The molecule has 0 unspecified atom stereocenters. The highest BCUT2D eigenvalue weighted by Crippen LogP contribution is 2.32. The van der Waals surface area contributed by atoms with E-state index in [2.05, 4.69) is 4.98 Å². The maximum atomic E-state index is 10.5. The van der Waals surface area contributed by atoms with Crippen molar-refractivity contribution in [2.24, 2.45) is 5.92 Å². The molecule has 0 radical (unpaired) electrons. The van der Waals surface area contributed by atoms with Crippen molar-refractivity contribution >= 4 is 6.29 Å². The number of carbonyl (C=O) groups is 1. The predicted molar refractivity (Wildman–Crippen MR) is 45.0 cm³/mol. The zero-order chi connectivity index (χ0) is 8.39. The van der Waals surface area contributed by atoms with Gasteiger partial charge < -0.3 is 4.57 Å². The van der Waals surface area contributed by atoms with Crippen LogP contribution in [0.5, 0.6) is 0 Å². The fourth-order valence-corrected chi connectivity index (χ4v) is 1.34. The number of aryl methyl sites for hydroxylation is 1. The summed E-state index contributed by atoms with van der Waals surface area (Å²) in [6.07, 6.45) is 8.12. The van der Waals surface area contributed by atoms with E-state index in [-0.39, 0.29) is 0 Å². The molecular formula is C9H12N2O. The summed E-state index contributed by atoms with van der Waals surface area (Å²) in [5.74, 6) is 0.909. The van der Waals surface area contributed by atoms with Crippen LogP contribution in [0, 0.1) is 5.92 Å². The Bertz CT molecular complexity index is 276. The lowest BCUT2D eigenvalue weighted by atomic mass is 10.3. The highest BCUT2D eigenvalue weighted by Gasteiger charge is 2.20. The Morgan fingerprint density at radius 3 is 3.17 bits per heavy atom. The first kappa shape index (κ1) is 7.53. The number of aldehydes is 1. The summed E-state index contributed by atoms with van der Waals surface area (Å²) in [4.78, 5) is 14.4. The lowest BCUT2D eigenvalue weighted by Crippen LogP contribution is -2.01. The minimum absolute atomic E-state index is 0.690. The fourth-order valence-electron chi connectivity index (χ4n) is 1.34. The predicted octanol–water partition coefficient (Wildman–Crippen LogP) is 1.50. The van der Waals surface area contributed by atoms with Gasteiger partial charge in [0.2, 0.25) is 0 Å². The minimum Gasteiger partial charge on any atom is -0.328 e. The van der Waals surface area contributed by atoms with Crippen molar-refractivity contribution in [2.75, 3.05) is 0 Å². The molecule has 0 atom stereocenters. The van der Waals surface area contributed by atoms with Crippen LogP contribution in [0.1, 0.15) is 29.8 Å². The third-order valence-electron chi connectivity index (χ3n) is 2.34. The van der Waals surface area contributed by atoms with Gasteiger partial charge in [-0.2, -0.15) is 0 Å². The molecular weight excluding hydrogens is 152 g/mol. The third-order valence-corrected chi connectivity index (χ3v) is 2.34. The summed E-state index contributed by atoms with van der Waals surface area (Å²) in [5, 5.41) is 0. The van der Waals surface area contributed by atoms with Crippen molar-refractivity contribution in [1.82, 2.24) is 9.55 Å². The first-order chi connectivity index (χ1) is 5.90. The number of nitrogens with zero attached hydrogens (tertiary/aromatic N) is 2. The molecule has 0 amide bonds. The summed E-state index contributed by atoms with van der Waals surface area (Å²) >= 11 is 0. The van der Waals surface area contributed by atoms with Crippen molar-refractivity contribution in [3.05, 3.63) is 18.2 Å². The first-order valence-corrected chi connectivity index (χ1v) is 4.35. The molecule has 2 rings (SSSR count). The molecule has 1 saturated carbocycles. The summed E-state index contributed by atoms with van der Waals surface area (Å²) in [5.41, 5.74) is 0.690. The van der Waals surface area contributed by atoms with Gasteiger partial charge in [0.05, 0.1) is 12.5 Å². The summed E-state index contributed by atoms with van der Waals surface area (Å²) in [6.45, 7) is 0.943. The van der Waals surface area contributed by atoms with Crippen LogP contribution in [0.4, 0.5) is 0 Å². The van der Waals surface area contributed by atoms with Crippen LogP contribution in [0.15, 0.2) is 12.5 Å². The molecule has 1 aliphatic rings. The molecule has 1 aromatic heterocycles. The topological polar surface area (TPSA) is 34.9 Å². The Kier molecular flexibility index (Phi) is 1.94. The molecule has 3 nitrogen and oxygen atoms in total. The normalized spacial score (nSPS) is 16.3. The average molecular weight is 164 g/mol. The molecule has 0 aromatic carbocycles. The molecule has 1 heterocycles. The van der Waals surface area contributed by atoms with Crippen LogP contribution >= 0.6 is 0 Å². The lowest BCUT2D eigenvalue weighted by Gasteiger charge is -2.01. The molecule has 0 aliphatic heterocycles. The standard InChI is InChI=1S/C9H12N2O/c12-6-9-5-10-7-11(9)4-3-8-1-2-8/h5-8H,1-4H2. The first-order valence-electron chi connectivity index (χ1n) is 4.35. The van der Waals surface area contributed by atoms with Gasteiger partial charge in [0.1, 0.15) is 5.69 Å². The molecule has 0 saturated heterocycles. The average Bonchev–Trinajstić information content (AvgIpc) is 2.81. The van der Waals surface area contributed by atoms with Crippen LogP contribution in [-0.2, 0) is 6.54 Å². The zero-order valence-corrected chi connectivity index (χ0v) is 6.94. The highest BCUT2D eigenvalue weighted by atomic mass is 16.1. The van der Waals surface area contributed by atoms with E-state index in [1.54, 1.807) is 12.5 Å². The van der Waals surface area contributed by atoms with Crippen molar-refractivity contribution < 1.29 is 4.79 Å². The van der Waals surface area contributed by atoms with Crippen LogP contribution < -0.4 is 0 Å². The van der Waals surface area contributed by atoms with Gasteiger partial charge in [-0.15, -0.1) is 0 Å². The maximum absolute atomic E-state index is 10.5. The molecule has 0 bridgehead atoms. The molecule has 12 heavy (non-hydrogen) atoms. The number of aromatic nitrogens is 2. The number of carbonyl (C=O) groups excluding carboxylic acids is 1. The molecule has 0 N–H and O–H groups in total. The Hall–Kier alpha value is -1.12. The molecule has 3 heteroatoms. The zero-order valence-electron chi connectivity index (χ0n) is 6.94. The monoisotopic (exact) mass is 164 g/mol. The van der Waals surface area contributed by atoms with E-state index in [0.717, 1.165) is 18.7 Å². The van der Waals surface area contributed by atoms with Crippen molar-refractivity contribution in [2.45, 2.75) is 25.8 Å². The Morgan fingerprint density at radius 2 is 2.50 bits per heavy atom. The smallest absolute Gasteiger partial charge is 0.168 e. The highest BCUT2D eigenvalue weighted by molar-refractivity contribution is 5.71. The molecule has 1 fully saturated rings. The second-order valence-electron chi connectivity index (χ2n) is 3.36. The number of hydrogen-bond donors (Lipinski definition) is 0. The summed E-state index contributed by atoms with van der Waals surface area (Å²) < 4.78 is 1.92. The van der Waals surface area contributed by atoms with E-state index < -0.39 is 0 Å². The number of rotatable bonds is 4. The fraction of sp³-hybridized carbons (Fsp3) is 0.556. The van der Waals surface area contributed by atoms with E-state index in [4.69, 9.17) is 0 Å². The quantitative estimate of drug-likeness (QED) is 0.632. The maximum Gasteiger partial charge on any atom is 0.168 e.